The molecule has 0 aliphatic carbocycles. The van der Waals surface area contributed by atoms with Gasteiger partial charge in [-0.2, -0.15) is 0 Å². The van der Waals surface area contributed by atoms with E-state index in [0.29, 0.717) is 19.0 Å². The predicted molar refractivity (Wildman–Crippen MR) is 124 cm³/mol. The Balaban J connectivity index is 0.00000392. The fourth-order valence-corrected chi connectivity index (χ4v) is 2.76. The highest BCUT2D eigenvalue weighted by Crippen LogP contribution is 2.15. The molecule has 1 saturated heterocycles. The zero-order valence-corrected chi connectivity index (χ0v) is 19.5. The Morgan fingerprint density at radius 1 is 1.21 bits per heavy atom. The summed E-state index contributed by atoms with van der Waals surface area (Å²) in [6.07, 6.45) is 0. The van der Waals surface area contributed by atoms with Crippen molar-refractivity contribution in [2.24, 2.45) is 16.1 Å². The van der Waals surface area contributed by atoms with Gasteiger partial charge in [-0.1, -0.05) is 24.3 Å². The molecule has 1 aromatic rings. The molecule has 1 aromatic carbocycles. The van der Waals surface area contributed by atoms with Crippen LogP contribution in [0.3, 0.4) is 0 Å². The van der Waals surface area contributed by atoms with Crippen molar-refractivity contribution in [2.75, 3.05) is 39.4 Å². The number of aliphatic imine (C=N–C) groups is 1. The van der Waals surface area contributed by atoms with Gasteiger partial charge in [0.05, 0.1) is 25.2 Å². The van der Waals surface area contributed by atoms with Gasteiger partial charge in [-0.3, -0.25) is 9.69 Å². The van der Waals surface area contributed by atoms with E-state index in [1.165, 1.54) is 11.1 Å². The maximum atomic E-state index is 11.5. The fourth-order valence-electron chi connectivity index (χ4n) is 2.76. The largest absolute Gasteiger partial charge is 0.379 e. The maximum Gasteiger partial charge on any atom is 0.224 e. The number of benzene rings is 1. The monoisotopic (exact) mass is 503 g/mol. The van der Waals surface area contributed by atoms with Gasteiger partial charge < -0.3 is 21.1 Å². The molecule has 1 aliphatic rings. The summed E-state index contributed by atoms with van der Waals surface area (Å²) in [5.41, 5.74) is 7.31. The molecule has 0 aromatic heterocycles. The first-order valence-corrected chi connectivity index (χ1v) is 9.61. The van der Waals surface area contributed by atoms with Gasteiger partial charge in [0.1, 0.15) is 0 Å². The van der Waals surface area contributed by atoms with Crippen LogP contribution in [0.1, 0.15) is 31.9 Å². The second-order valence-corrected chi connectivity index (χ2v) is 7.45. The number of rotatable bonds is 8. The summed E-state index contributed by atoms with van der Waals surface area (Å²) in [6.45, 7) is 11.8. The first-order valence-electron chi connectivity index (χ1n) is 9.61. The number of ether oxygens (including phenoxy) is 1. The average molecular weight is 503 g/mol. The summed E-state index contributed by atoms with van der Waals surface area (Å²) in [5.74, 6) is 0.356. The van der Waals surface area contributed by atoms with E-state index in [-0.39, 0.29) is 29.9 Å². The van der Waals surface area contributed by atoms with E-state index < -0.39 is 5.41 Å². The lowest BCUT2D eigenvalue weighted by molar-refractivity contribution is -0.125. The van der Waals surface area contributed by atoms with Crippen molar-refractivity contribution in [1.82, 2.24) is 15.5 Å². The number of morpholine rings is 1. The van der Waals surface area contributed by atoms with Crippen molar-refractivity contribution in [3.05, 3.63) is 35.4 Å². The van der Waals surface area contributed by atoms with E-state index in [1.54, 1.807) is 0 Å². The Hall–Kier alpha value is -1.39. The van der Waals surface area contributed by atoms with Gasteiger partial charge in [0.25, 0.3) is 0 Å². The van der Waals surface area contributed by atoms with E-state index in [2.05, 4.69) is 33.7 Å². The summed E-state index contributed by atoms with van der Waals surface area (Å²) in [7, 11) is 0. The topological polar surface area (TPSA) is 92.0 Å². The number of nitrogens with zero attached hydrogens (tertiary/aromatic N) is 2. The molecule has 7 nitrogen and oxygen atoms in total. The average Bonchev–Trinajstić information content (AvgIpc) is 2.66. The molecule has 4 N–H and O–H groups in total. The third-order valence-corrected chi connectivity index (χ3v) is 4.73. The first-order chi connectivity index (χ1) is 12.9. The summed E-state index contributed by atoms with van der Waals surface area (Å²) < 4.78 is 5.43. The number of nitrogens with two attached hydrogens (primary N) is 1. The maximum absolute atomic E-state index is 11.5. The van der Waals surface area contributed by atoms with E-state index in [1.807, 2.05) is 26.8 Å². The second kappa shape index (κ2) is 12.2. The van der Waals surface area contributed by atoms with Crippen LogP contribution < -0.4 is 16.4 Å². The zero-order chi connectivity index (χ0) is 19.7. The number of carbonyl (C=O) groups is 1. The van der Waals surface area contributed by atoms with Gasteiger partial charge in [-0.05, 0) is 31.9 Å². The van der Waals surface area contributed by atoms with Crippen LogP contribution in [-0.4, -0.2) is 56.2 Å². The molecule has 1 amide bonds. The lowest BCUT2D eigenvalue weighted by atomic mass is 9.93. The Morgan fingerprint density at radius 3 is 2.46 bits per heavy atom. The molecule has 1 fully saturated rings. The van der Waals surface area contributed by atoms with Crippen LogP contribution in [0, 0.1) is 5.41 Å². The van der Waals surface area contributed by atoms with Gasteiger partial charge in [0.2, 0.25) is 5.91 Å². The molecule has 158 valence electrons. The van der Waals surface area contributed by atoms with Crippen LogP contribution in [0.15, 0.2) is 29.3 Å². The minimum absolute atomic E-state index is 0. The van der Waals surface area contributed by atoms with E-state index >= 15 is 0 Å². The van der Waals surface area contributed by atoms with Crippen LogP contribution in [0.2, 0.25) is 0 Å². The lowest BCUT2D eigenvalue weighted by Crippen LogP contribution is -2.46. The Kier molecular flexibility index (Phi) is 10.8. The van der Waals surface area contributed by atoms with Crippen LogP contribution in [0.4, 0.5) is 0 Å². The molecule has 0 atom stereocenters. The second-order valence-electron chi connectivity index (χ2n) is 7.45. The third-order valence-electron chi connectivity index (χ3n) is 4.73. The smallest absolute Gasteiger partial charge is 0.224 e. The normalized spacial score (nSPS) is 15.6. The van der Waals surface area contributed by atoms with Crippen molar-refractivity contribution < 1.29 is 9.53 Å². The Bertz CT molecular complexity index is 645. The third kappa shape index (κ3) is 7.92. The number of carbonyl (C=O) groups excluding carboxylic acids is 1. The predicted octanol–water partition coefficient (Wildman–Crippen LogP) is 1.70. The van der Waals surface area contributed by atoms with Gasteiger partial charge >= 0.3 is 0 Å². The van der Waals surface area contributed by atoms with Crippen molar-refractivity contribution in [3.8, 4) is 0 Å². The Morgan fingerprint density at radius 2 is 1.86 bits per heavy atom. The van der Waals surface area contributed by atoms with Crippen molar-refractivity contribution >= 4 is 35.8 Å². The van der Waals surface area contributed by atoms with Crippen molar-refractivity contribution in [1.29, 1.82) is 0 Å². The van der Waals surface area contributed by atoms with Crippen LogP contribution in [0.25, 0.3) is 0 Å². The molecule has 0 saturated carbocycles. The minimum atomic E-state index is -0.634. The van der Waals surface area contributed by atoms with E-state index in [4.69, 9.17) is 15.5 Å². The number of amides is 1. The molecule has 1 heterocycles. The summed E-state index contributed by atoms with van der Waals surface area (Å²) in [4.78, 5) is 18.6. The number of nitrogens with one attached hydrogen (secondary N) is 2. The highest BCUT2D eigenvalue weighted by molar-refractivity contribution is 14.0. The van der Waals surface area contributed by atoms with Crippen LogP contribution in [-0.2, 0) is 22.6 Å². The number of primary amides is 1. The molecule has 0 spiro atoms. The first kappa shape index (κ1) is 24.6. The summed E-state index contributed by atoms with van der Waals surface area (Å²) in [6, 6.07) is 8.40. The SMILES string of the molecule is CCNC(=NCc1ccccc1CN1CCOCC1)NCC(C)(C)C(N)=O.I. The summed E-state index contributed by atoms with van der Waals surface area (Å²) >= 11 is 0. The van der Waals surface area contributed by atoms with Crippen LogP contribution >= 0.6 is 24.0 Å². The lowest BCUT2D eigenvalue weighted by Gasteiger charge is -2.27. The molecular weight excluding hydrogens is 469 g/mol. The molecule has 8 heteroatoms. The van der Waals surface area contributed by atoms with E-state index in [9.17, 15) is 4.79 Å². The van der Waals surface area contributed by atoms with Gasteiger partial charge in [0, 0.05) is 32.7 Å². The molecule has 2 rings (SSSR count). The van der Waals surface area contributed by atoms with Gasteiger partial charge in [-0.15, -0.1) is 24.0 Å². The molecular formula is C20H34IN5O2. The molecule has 28 heavy (non-hydrogen) atoms. The highest BCUT2D eigenvalue weighted by Gasteiger charge is 2.25. The van der Waals surface area contributed by atoms with Crippen LogP contribution in [0.5, 0.6) is 0 Å². The number of hydrogen-bond acceptors (Lipinski definition) is 4. The quantitative estimate of drug-likeness (QED) is 0.286. The van der Waals surface area contributed by atoms with Crippen molar-refractivity contribution in [3.63, 3.8) is 0 Å². The molecule has 0 bridgehead atoms. The number of hydrogen-bond donors (Lipinski definition) is 3. The minimum Gasteiger partial charge on any atom is -0.379 e. The number of guanidine groups is 1. The molecule has 1 aliphatic heterocycles. The van der Waals surface area contributed by atoms with Crippen molar-refractivity contribution in [2.45, 2.75) is 33.9 Å². The van der Waals surface area contributed by atoms with E-state index in [0.717, 1.165) is 39.4 Å². The highest BCUT2D eigenvalue weighted by atomic mass is 127. The molecule has 0 radical (unpaired) electrons. The Labute approximate surface area is 185 Å². The number of halogens is 1. The zero-order valence-electron chi connectivity index (χ0n) is 17.2. The van der Waals surface area contributed by atoms with Gasteiger partial charge in [-0.25, -0.2) is 4.99 Å². The molecule has 0 unspecified atom stereocenters. The standard InChI is InChI=1S/C20H33N5O2.HI/c1-4-22-19(24-15-20(2,3)18(21)26)23-13-16-7-5-6-8-17(16)14-25-9-11-27-12-10-25;/h5-8H,4,9-15H2,1-3H3,(H2,21,26)(H2,22,23,24);1H. The fraction of sp³-hybridized carbons (Fsp3) is 0.600. The van der Waals surface area contributed by atoms with Gasteiger partial charge in [0.15, 0.2) is 5.96 Å². The summed E-state index contributed by atoms with van der Waals surface area (Å²) in [5, 5.41) is 6.45.